The maximum atomic E-state index is 3.81. The van der Waals surface area contributed by atoms with E-state index in [2.05, 4.69) is 50.0 Å². The Balaban J connectivity index is -0.000000563. The van der Waals surface area contributed by atoms with E-state index in [1.165, 1.54) is 5.56 Å². The molecular formula is C12H18Cl3N-2. The highest BCUT2D eigenvalue weighted by Crippen LogP contribution is 1.98. The summed E-state index contributed by atoms with van der Waals surface area (Å²) in [5.74, 6) is 0. The molecule has 16 heavy (non-hydrogen) atoms. The molecule has 1 nitrogen and oxygen atoms in total. The molecule has 0 radical (unpaired) electrons. The number of benzene rings is 1. The number of nitrogens with two attached hydrogens (primary N) is 1. The van der Waals surface area contributed by atoms with Crippen molar-refractivity contribution in [3.63, 3.8) is 0 Å². The van der Waals surface area contributed by atoms with Crippen LogP contribution in [0.1, 0.15) is 19.4 Å². The van der Waals surface area contributed by atoms with Crippen LogP contribution in [0.25, 0.3) is 0 Å². The standard InChI is InChI=1S/C12H17N.3ClH/c1-4-12(2,3)13-10-11-8-6-5-7-9-11;;;/h4-9,13H,1,10H2,2-3H3;3*1H/p-2. The van der Waals surface area contributed by atoms with Crippen molar-refractivity contribution < 1.29 is 42.5 Å². The van der Waals surface area contributed by atoms with Crippen LogP contribution in [0.2, 0.25) is 0 Å². The van der Waals surface area contributed by atoms with E-state index >= 15 is 0 Å². The first-order chi connectivity index (χ1) is 6.14. The van der Waals surface area contributed by atoms with Crippen molar-refractivity contribution in [2.45, 2.75) is 25.9 Å². The van der Waals surface area contributed by atoms with Crippen LogP contribution in [0.15, 0.2) is 43.0 Å². The average Bonchev–Trinajstić information content (AvgIpc) is 2.17. The summed E-state index contributed by atoms with van der Waals surface area (Å²) in [6.45, 7) is 9.17. The van der Waals surface area contributed by atoms with Gasteiger partial charge in [-0.05, 0) is 19.9 Å². The van der Waals surface area contributed by atoms with Gasteiger partial charge in [-0.1, -0.05) is 36.9 Å². The monoisotopic (exact) mass is 281 g/mol. The first-order valence-corrected chi connectivity index (χ1v) is 4.66. The lowest BCUT2D eigenvalue weighted by molar-refractivity contribution is -0.723. The van der Waals surface area contributed by atoms with Crippen LogP contribution in [0.3, 0.4) is 0 Å². The van der Waals surface area contributed by atoms with Gasteiger partial charge in [-0.15, -0.1) is 0 Å². The Kier molecular flexibility index (Phi) is 13.2. The molecule has 0 aromatic heterocycles. The molecule has 1 aromatic rings. The molecule has 0 heterocycles. The van der Waals surface area contributed by atoms with Crippen molar-refractivity contribution in [2.75, 3.05) is 0 Å². The minimum atomic E-state index is 0. The number of hydrogen-bond donors (Lipinski definition) is 1. The zero-order chi connectivity index (χ0) is 9.73. The first-order valence-electron chi connectivity index (χ1n) is 4.66. The van der Waals surface area contributed by atoms with Gasteiger partial charge < -0.3 is 42.5 Å². The second-order valence-corrected chi connectivity index (χ2v) is 3.92. The van der Waals surface area contributed by atoms with Gasteiger partial charge in [0.2, 0.25) is 0 Å². The SMILES string of the molecule is C=CC(C)(C)[NH2+]Cc1ccccc1.[Cl-].[Cl-].[Cl-]. The molecule has 0 fully saturated rings. The van der Waals surface area contributed by atoms with E-state index in [1.807, 2.05) is 12.1 Å². The van der Waals surface area contributed by atoms with E-state index in [9.17, 15) is 0 Å². The summed E-state index contributed by atoms with van der Waals surface area (Å²) in [5.41, 5.74) is 1.49. The Labute approximate surface area is 117 Å². The van der Waals surface area contributed by atoms with Gasteiger partial charge in [-0.2, -0.15) is 0 Å². The molecule has 2 N–H and O–H groups in total. The van der Waals surface area contributed by atoms with Gasteiger partial charge in [0.05, 0.1) is 0 Å². The summed E-state index contributed by atoms with van der Waals surface area (Å²) < 4.78 is 0. The average molecular weight is 283 g/mol. The lowest BCUT2D eigenvalue weighted by atomic mass is 10.1. The first kappa shape index (κ1) is 21.1. The number of hydrogen-bond acceptors (Lipinski definition) is 0. The molecule has 0 unspecified atom stereocenters. The fourth-order valence-electron chi connectivity index (χ4n) is 1.08. The van der Waals surface area contributed by atoms with Crippen LogP contribution in [-0.2, 0) is 6.54 Å². The molecule has 1 aromatic carbocycles. The second kappa shape index (κ2) is 9.98. The summed E-state index contributed by atoms with van der Waals surface area (Å²) >= 11 is 0. The minimum Gasteiger partial charge on any atom is -1.00 e. The van der Waals surface area contributed by atoms with Gasteiger partial charge >= 0.3 is 0 Å². The fraction of sp³-hybridized carbons (Fsp3) is 0.333. The van der Waals surface area contributed by atoms with Crippen LogP contribution < -0.4 is 42.5 Å². The van der Waals surface area contributed by atoms with Crippen LogP contribution in [0, 0.1) is 0 Å². The van der Waals surface area contributed by atoms with Crippen molar-refractivity contribution in [1.29, 1.82) is 0 Å². The Morgan fingerprint density at radius 1 is 1.12 bits per heavy atom. The van der Waals surface area contributed by atoms with Gasteiger partial charge in [0.15, 0.2) is 0 Å². The molecule has 0 bridgehead atoms. The molecule has 0 aliphatic rings. The summed E-state index contributed by atoms with van der Waals surface area (Å²) in [4.78, 5) is 0. The molecule has 0 atom stereocenters. The maximum absolute atomic E-state index is 3.81. The van der Waals surface area contributed by atoms with Crippen LogP contribution >= 0.6 is 0 Å². The molecule has 94 valence electrons. The van der Waals surface area contributed by atoms with Gasteiger partial charge in [0, 0.05) is 5.56 Å². The van der Waals surface area contributed by atoms with E-state index in [0.717, 1.165) is 6.54 Å². The Morgan fingerprint density at radius 2 is 1.62 bits per heavy atom. The molecule has 4 heteroatoms. The molecule has 0 aliphatic carbocycles. The third-order valence-electron chi connectivity index (χ3n) is 2.23. The van der Waals surface area contributed by atoms with Gasteiger partial charge in [0.25, 0.3) is 0 Å². The second-order valence-electron chi connectivity index (χ2n) is 3.92. The van der Waals surface area contributed by atoms with E-state index in [4.69, 9.17) is 0 Å². The number of quaternary nitrogens is 1. The Morgan fingerprint density at radius 3 is 2.06 bits per heavy atom. The zero-order valence-electron chi connectivity index (χ0n) is 9.59. The minimum absolute atomic E-state index is 0. The van der Waals surface area contributed by atoms with Crippen LogP contribution in [0.4, 0.5) is 0 Å². The van der Waals surface area contributed by atoms with Gasteiger partial charge in [-0.25, -0.2) is 0 Å². The van der Waals surface area contributed by atoms with Crippen molar-refractivity contribution in [1.82, 2.24) is 0 Å². The van der Waals surface area contributed by atoms with E-state index < -0.39 is 0 Å². The molecule has 0 saturated heterocycles. The van der Waals surface area contributed by atoms with Crippen molar-refractivity contribution in [3.05, 3.63) is 48.6 Å². The van der Waals surface area contributed by atoms with Gasteiger partial charge in [0.1, 0.15) is 12.1 Å². The zero-order valence-corrected chi connectivity index (χ0v) is 11.9. The summed E-state index contributed by atoms with van der Waals surface area (Å²) in [5, 5.41) is 2.29. The normalized spacial score (nSPS) is 9.12. The lowest BCUT2D eigenvalue weighted by Crippen LogP contribution is -3.00. The molecular weight excluding hydrogens is 264 g/mol. The predicted octanol–water partition coefficient (Wildman–Crippen LogP) is -7.27. The van der Waals surface area contributed by atoms with Crippen molar-refractivity contribution in [3.8, 4) is 0 Å². The van der Waals surface area contributed by atoms with E-state index in [0.29, 0.717) is 0 Å². The van der Waals surface area contributed by atoms with Crippen molar-refractivity contribution >= 4 is 0 Å². The van der Waals surface area contributed by atoms with E-state index in [-0.39, 0.29) is 42.8 Å². The van der Waals surface area contributed by atoms with E-state index in [1.54, 1.807) is 0 Å². The molecule has 0 spiro atoms. The predicted molar refractivity (Wildman–Crippen MR) is 56.3 cm³/mol. The largest absolute Gasteiger partial charge is 1.00 e. The lowest BCUT2D eigenvalue weighted by Gasteiger charge is -2.17. The van der Waals surface area contributed by atoms with Crippen molar-refractivity contribution in [2.24, 2.45) is 0 Å². The quantitative estimate of drug-likeness (QED) is 0.529. The molecule has 0 amide bonds. The topological polar surface area (TPSA) is 16.6 Å². The Hall–Kier alpha value is -0.210. The molecule has 0 saturated carbocycles. The van der Waals surface area contributed by atoms with Gasteiger partial charge in [-0.3, -0.25) is 0 Å². The van der Waals surface area contributed by atoms with Crippen LogP contribution in [-0.4, -0.2) is 5.54 Å². The highest BCUT2D eigenvalue weighted by atomic mass is 35.5. The molecule has 0 aliphatic heterocycles. The molecule has 1 rings (SSSR count). The highest BCUT2D eigenvalue weighted by Gasteiger charge is 2.14. The highest BCUT2D eigenvalue weighted by molar-refractivity contribution is 5.13. The third-order valence-corrected chi connectivity index (χ3v) is 2.23. The third kappa shape index (κ3) is 8.00. The summed E-state index contributed by atoms with van der Waals surface area (Å²) in [6, 6.07) is 10.5. The Bertz CT molecular complexity index is 273. The number of rotatable bonds is 4. The summed E-state index contributed by atoms with van der Waals surface area (Å²) in [7, 11) is 0. The maximum Gasteiger partial charge on any atom is 0.109 e. The van der Waals surface area contributed by atoms with Crippen LogP contribution in [0.5, 0.6) is 0 Å². The smallest absolute Gasteiger partial charge is 0.109 e. The number of halogens is 3. The summed E-state index contributed by atoms with van der Waals surface area (Å²) in [6.07, 6.45) is 1.98. The fourth-order valence-corrected chi connectivity index (χ4v) is 1.08.